The van der Waals surface area contributed by atoms with Crippen LogP contribution in [0.5, 0.6) is 0 Å². The zero-order chi connectivity index (χ0) is 13.6. The Kier molecular flexibility index (Phi) is 5.74. The minimum atomic E-state index is -3.27. The number of piperidine rings is 1. The molecule has 0 aromatic rings. The lowest BCUT2D eigenvalue weighted by Crippen LogP contribution is -2.43. The molecule has 1 atom stereocenters. The first-order chi connectivity index (χ1) is 8.44. The van der Waals surface area contributed by atoms with Gasteiger partial charge in [0.2, 0.25) is 5.91 Å². The third-order valence-corrected chi connectivity index (χ3v) is 4.80. The third-order valence-electron chi connectivity index (χ3n) is 3.17. The molecule has 1 heterocycles. The highest BCUT2D eigenvalue weighted by atomic mass is 32.2. The Hall–Kier alpha value is -0.950. The van der Waals surface area contributed by atoms with Crippen LogP contribution in [0.15, 0.2) is 0 Å². The van der Waals surface area contributed by atoms with Crippen molar-refractivity contribution in [1.29, 1.82) is 0 Å². The van der Waals surface area contributed by atoms with Crippen LogP contribution in [0, 0.1) is 0 Å². The van der Waals surface area contributed by atoms with Crippen molar-refractivity contribution in [2.45, 2.75) is 31.7 Å². The molecule has 2 N–H and O–H groups in total. The van der Waals surface area contributed by atoms with Crippen LogP contribution in [0.1, 0.15) is 25.7 Å². The van der Waals surface area contributed by atoms with Gasteiger partial charge in [-0.1, -0.05) is 6.42 Å². The summed E-state index contributed by atoms with van der Waals surface area (Å²) >= 11 is 0. The zero-order valence-electron chi connectivity index (χ0n) is 10.4. The molecule has 0 saturated carbocycles. The lowest BCUT2D eigenvalue weighted by Gasteiger charge is -2.31. The number of nitrogens with two attached hydrogens (primary N) is 1. The number of sulfone groups is 1. The van der Waals surface area contributed by atoms with Gasteiger partial charge >= 0.3 is 0 Å². The number of primary amides is 1. The molecule has 6 nitrogen and oxygen atoms in total. The first-order valence-corrected chi connectivity index (χ1v) is 7.95. The molecule has 1 aliphatic heterocycles. The second kappa shape index (κ2) is 6.84. The quantitative estimate of drug-likeness (QED) is 0.622. The Labute approximate surface area is 107 Å². The van der Waals surface area contributed by atoms with E-state index < -0.39 is 15.7 Å². The summed E-state index contributed by atoms with van der Waals surface area (Å²) in [5, 5.41) is 0. The summed E-state index contributed by atoms with van der Waals surface area (Å²) in [5.74, 6) is -0.839. The zero-order valence-corrected chi connectivity index (χ0v) is 11.2. The molecule has 1 unspecified atom stereocenters. The minimum Gasteiger partial charge on any atom is -0.370 e. The molecule has 1 saturated heterocycles. The topological polar surface area (TPSA) is 97.5 Å². The molecule has 1 amide bonds. The van der Waals surface area contributed by atoms with E-state index >= 15 is 0 Å². The number of amides is 1. The van der Waals surface area contributed by atoms with E-state index in [0.29, 0.717) is 6.54 Å². The van der Waals surface area contributed by atoms with Crippen molar-refractivity contribution in [3.05, 3.63) is 0 Å². The number of carbonyl (C=O) groups is 2. The second-order valence-corrected chi connectivity index (χ2v) is 6.91. The fourth-order valence-electron chi connectivity index (χ4n) is 2.06. The van der Waals surface area contributed by atoms with Crippen LogP contribution in [-0.4, -0.2) is 56.1 Å². The predicted molar refractivity (Wildman–Crippen MR) is 67.7 cm³/mol. The highest BCUT2D eigenvalue weighted by Crippen LogP contribution is 2.15. The predicted octanol–water partition coefficient (Wildman–Crippen LogP) is -0.670. The van der Waals surface area contributed by atoms with Crippen molar-refractivity contribution >= 4 is 22.0 Å². The van der Waals surface area contributed by atoms with Crippen LogP contribution in [0.25, 0.3) is 0 Å². The molecule has 1 fully saturated rings. The highest BCUT2D eigenvalue weighted by Gasteiger charge is 2.23. The molecule has 18 heavy (non-hydrogen) atoms. The molecular weight excluding hydrogens is 256 g/mol. The fourth-order valence-corrected chi connectivity index (χ4v) is 3.29. The first-order valence-electron chi connectivity index (χ1n) is 6.12. The fraction of sp³-hybridized carbons (Fsp3) is 0.818. The van der Waals surface area contributed by atoms with E-state index in [1.54, 1.807) is 0 Å². The van der Waals surface area contributed by atoms with Gasteiger partial charge in [-0.05, 0) is 19.4 Å². The average molecular weight is 276 g/mol. The minimum absolute atomic E-state index is 0.0232. The third kappa shape index (κ3) is 5.14. The Bertz CT molecular complexity index is 394. The maximum Gasteiger partial charge on any atom is 0.218 e. The Balaban J connectivity index is 2.42. The van der Waals surface area contributed by atoms with E-state index in [0.717, 1.165) is 32.1 Å². The van der Waals surface area contributed by atoms with Gasteiger partial charge < -0.3 is 10.5 Å². The number of hydrogen-bond acceptors (Lipinski definition) is 5. The summed E-state index contributed by atoms with van der Waals surface area (Å²) in [6.07, 6.45) is 3.54. The van der Waals surface area contributed by atoms with E-state index in [9.17, 15) is 18.0 Å². The van der Waals surface area contributed by atoms with Gasteiger partial charge in [0.1, 0.15) is 6.29 Å². The number of hydrogen-bond donors (Lipinski definition) is 1. The Morgan fingerprint density at radius 2 is 2.06 bits per heavy atom. The molecule has 0 aromatic heterocycles. The van der Waals surface area contributed by atoms with E-state index in [4.69, 9.17) is 5.73 Å². The summed E-state index contributed by atoms with van der Waals surface area (Å²) in [6.45, 7) is 1.11. The van der Waals surface area contributed by atoms with Crippen LogP contribution in [0.3, 0.4) is 0 Å². The number of nitrogens with zero attached hydrogens (tertiary/aromatic N) is 1. The van der Waals surface area contributed by atoms with Crippen LogP contribution in [0.4, 0.5) is 0 Å². The average Bonchev–Trinajstić information content (AvgIpc) is 2.34. The summed E-state index contributed by atoms with van der Waals surface area (Å²) < 4.78 is 23.3. The molecule has 0 aliphatic carbocycles. The van der Waals surface area contributed by atoms with Gasteiger partial charge in [0.15, 0.2) is 9.84 Å². The standard InChI is InChI=1S/C11H20N2O4S/c12-11(15)4-7-18(16,17)8-6-13-5-2-1-3-10(13)9-14/h9-10H,1-8H2,(H2,12,15). The van der Waals surface area contributed by atoms with Gasteiger partial charge in [-0.2, -0.15) is 0 Å². The van der Waals surface area contributed by atoms with Crippen molar-refractivity contribution in [3.63, 3.8) is 0 Å². The van der Waals surface area contributed by atoms with Crippen molar-refractivity contribution in [1.82, 2.24) is 4.90 Å². The SMILES string of the molecule is NC(=O)CCS(=O)(=O)CCN1CCCCC1C=O. The Morgan fingerprint density at radius 1 is 1.33 bits per heavy atom. The summed E-state index contributed by atoms with van der Waals surface area (Å²) in [5.41, 5.74) is 4.92. The molecule has 0 spiro atoms. The van der Waals surface area contributed by atoms with Gasteiger partial charge in [0, 0.05) is 13.0 Å². The van der Waals surface area contributed by atoms with Crippen molar-refractivity contribution in [2.24, 2.45) is 5.73 Å². The molecule has 1 aliphatic rings. The van der Waals surface area contributed by atoms with Crippen LogP contribution in [-0.2, 0) is 19.4 Å². The van der Waals surface area contributed by atoms with E-state index in [2.05, 4.69) is 0 Å². The molecule has 0 bridgehead atoms. The normalized spacial score (nSPS) is 21.7. The van der Waals surface area contributed by atoms with Crippen molar-refractivity contribution in [3.8, 4) is 0 Å². The summed E-state index contributed by atoms with van der Waals surface area (Å²) in [6, 6.07) is -0.162. The monoisotopic (exact) mass is 276 g/mol. The second-order valence-electron chi connectivity index (χ2n) is 4.60. The van der Waals surface area contributed by atoms with Gasteiger partial charge in [-0.25, -0.2) is 8.42 Å². The number of likely N-dealkylation sites (tertiary alicyclic amines) is 1. The van der Waals surface area contributed by atoms with Crippen molar-refractivity contribution in [2.75, 3.05) is 24.6 Å². The van der Waals surface area contributed by atoms with E-state index in [-0.39, 0.29) is 24.0 Å². The van der Waals surface area contributed by atoms with E-state index in [1.807, 2.05) is 4.90 Å². The summed E-state index contributed by atoms with van der Waals surface area (Å²) in [4.78, 5) is 23.3. The van der Waals surface area contributed by atoms with Crippen LogP contribution >= 0.6 is 0 Å². The van der Waals surface area contributed by atoms with Gasteiger partial charge in [0.05, 0.1) is 17.5 Å². The number of carbonyl (C=O) groups excluding carboxylic acids is 2. The first kappa shape index (κ1) is 15.1. The maximum absolute atomic E-state index is 11.6. The number of aldehydes is 1. The van der Waals surface area contributed by atoms with E-state index in [1.165, 1.54) is 0 Å². The molecular formula is C11H20N2O4S. The highest BCUT2D eigenvalue weighted by molar-refractivity contribution is 7.91. The van der Waals surface area contributed by atoms with Crippen molar-refractivity contribution < 1.29 is 18.0 Å². The molecule has 0 radical (unpaired) electrons. The largest absolute Gasteiger partial charge is 0.370 e. The van der Waals surface area contributed by atoms with Gasteiger partial charge in [-0.15, -0.1) is 0 Å². The van der Waals surface area contributed by atoms with Gasteiger partial charge in [0.25, 0.3) is 0 Å². The Morgan fingerprint density at radius 3 is 2.67 bits per heavy atom. The van der Waals surface area contributed by atoms with Gasteiger partial charge in [-0.3, -0.25) is 9.69 Å². The molecule has 7 heteroatoms. The molecule has 104 valence electrons. The molecule has 1 rings (SSSR count). The molecule has 0 aromatic carbocycles. The van der Waals surface area contributed by atoms with Crippen LogP contribution < -0.4 is 5.73 Å². The number of rotatable bonds is 7. The summed E-state index contributed by atoms with van der Waals surface area (Å²) in [7, 11) is -3.27. The lowest BCUT2D eigenvalue weighted by molar-refractivity contribution is -0.117. The maximum atomic E-state index is 11.6. The lowest BCUT2D eigenvalue weighted by atomic mass is 10.0. The smallest absolute Gasteiger partial charge is 0.218 e. The van der Waals surface area contributed by atoms with Crippen LogP contribution in [0.2, 0.25) is 0 Å².